The van der Waals surface area contributed by atoms with Crippen LogP contribution in [0.25, 0.3) is 0 Å². The third kappa shape index (κ3) is 9.38. The van der Waals surface area contributed by atoms with Crippen molar-refractivity contribution in [2.24, 2.45) is 5.92 Å². The summed E-state index contributed by atoms with van der Waals surface area (Å²) < 4.78 is 10.7. The molecule has 4 nitrogen and oxygen atoms in total. The summed E-state index contributed by atoms with van der Waals surface area (Å²) in [4.78, 5) is 2.37. The van der Waals surface area contributed by atoms with E-state index < -0.39 is 6.29 Å². The van der Waals surface area contributed by atoms with Crippen molar-refractivity contribution in [2.75, 3.05) is 39.5 Å². The maximum atomic E-state index is 9.60. The average molecular weight is 273 g/mol. The molecule has 1 heterocycles. The summed E-state index contributed by atoms with van der Waals surface area (Å²) in [5, 5.41) is 9.60. The van der Waals surface area contributed by atoms with Crippen molar-refractivity contribution >= 4 is 0 Å². The van der Waals surface area contributed by atoms with Gasteiger partial charge in [0, 0.05) is 13.2 Å². The molecule has 4 heteroatoms. The number of nitrogens with zero attached hydrogens (tertiary/aromatic N) is 1. The molecule has 1 rings (SSSR count). The SMILES string of the molecule is CC(C)CCCCOCC(O)OCCN1CCCC1. The van der Waals surface area contributed by atoms with E-state index in [1.54, 1.807) is 0 Å². The summed E-state index contributed by atoms with van der Waals surface area (Å²) >= 11 is 0. The summed E-state index contributed by atoms with van der Waals surface area (Å²) in [6, 6.07) is 0. The lowest BCUT2D eigenvalue weighted by molar-refractivity contribution is -0.139. The van der Waals surface area contributed by atoms with E-state index in [2.05, 4.69) is 18.7 Å². The smallest absolute Gasteiger partial charge is 0.178 e. The third-order valence-electron chi connectivity index (χ3n) is 3.50. The zero-order chi connectivity index (χ0) is 13.9. The average Bonchev–Trinajstić information content (AvgIpc) is 2.86. The summed E-state index contributed by atoms with van der Waals surface area (Å²) in [5.74, 6) is 0.763. The molecule has 0 aliphatic carbocycles. The van der Waals surface area contributed by atoms with Crippen molar-refractivity contribution in [2.45, 2.75) is 52.2 Å². The summed E-state index contributed by atoms with van der Waals surface area (Å²) in [7, 11) is 0. The minimum atomic E-state index is -0.771. The number of unbranched alkanes of at least 4 members (excludes halogenated alkanes) is 1. The van der Waals surface area contributed by atoms with Crippen molar-refractivity contribution in [3.63, 3.8) is 0 Å². The van der Waals surface area contributed by atoms with Crippen LogP contribution in [0.4, 0.5) is 0 Å². The minimum absolute atomic E-state index is 0.293. The molecule has 1 atom stereocenters. The highest BCUT2D eigenvalue weighted by Crippen LogP contribution is 2.07. The van der Waals surface area contributed by atoms with E-state index in [1.165, 1.54) is 38.8 Å². The number of likely N-dealkylation sites (tertiary alicyclic amines) is 1. The Morgan fingerprint density at radius 2 is 1.84 bits per heavy atom. The number of aliphatic hydroxyl groups excluding tert-OH is 1. The number of ether oxygens (including phenoxy) is 2. The number of hydrogen-bond acceptors (Lipinski definition) is 4. The lowest BCUT2D eigenvalue weighted by atomic mass is 10.1. The normalized spacial score (nSPS) is 18.3. The second kappa shape index (κ2) is 10.6. The van der Waals surface area contributed by atoms with Crippen LogP contribution in [0.3, 0.4) is 0 Å². The second-order valence-electron chi connectivity index (χ2n) is 5.84. The van der Waals surface area contributed by atoms with Gasteiger partial charge < -0.3 is 19.5 Å². The maximum absolute atomic E-state index is 9.60. The highest BCUT2D eigenvalue weighted by Gasteiger charge is 2.11. The molecule has 0 spiro atoms. The van der Waals surface area contributed by atoms with Gasteiger partial charge in [-0.3, -0.25) is 0 Å². The molecular formula is C15H31NO3. The van der Waals surface area contributed by atoms with Gasteiger partial charge in [0.2, 0.25) is 0 Å². The molecule has 0 radical (unpaired) electrons. The van der Waals surface area contributed by atoms with Gasteiger partial charge in [-0.2, -0.15) is 0 Å². The van der Waals surface area contributed by atoms with Gasteiger partial charge in [0.25, 0.3) is 0 Å². The van der Waals surface area contributed by atoms with Crippen LogP contribution in [0.2, 0.25) is 0 Å². The van der Waals surface area contributed by atoms with Crippen LogP contribution in [0.1, 0.15) is 46.0 Å². The van der Waals surface area contributed by atoms with Gasteiger partial charge in [0.1, 0.15) is 0 Å². The van der Waals surface area contributed by atoms with Crippen molar-refractivity contribution in [3.8, 4) is 0 Å². The van der Waals surface area contributed by atoms with Crippen LogP contribution in [0, 0.1) is 5.92 Å². The fraction of sp³-hybridized carbons (Fsp3) is 1.00. The molecular weight excluding hydrogens is 242 g/mol. The lowest BCUT2D eigenvalue weighted by Crippen LogP contribution is -2.28. The standard InChI is InChI=1S/C15H31NO3/c1-14(2)7-3-6-11-18-13-15(17)19-12-10-16-8-4-5-9-16/h14-15,17H,3-13H2,1-2H3. The Labute approximate surface area is 118 Å². The molecule has 0 bridgehead atoms. The first-order valence-corrected chi connectivity index (χ1v) is 7.78. The van der Waals surface area contributed by atoms with E-state index in [-0.39, 0.29) is 0 Å². The summed E-state index contributed by atoms with van der Waals surface area (Å²) in [6.07, 6.45) is 5.33. The lowest BCUT2D eigenvalue weighted by Gasteiger charge is -2.17. The van der Waals surface area contributed by atoms with E-state index in [9.17, 15) is 5.11 Å². The molecule has 1 saturated heterocycles. The molecule has 1 unspecified atom stereocenters. The first kappa shape index (κ1) is 16.9. The Bertz CT molecular complexity index is 206. The van der Waals surface area contributed by atoms with Gasteiger partial charge in [-0.25, -0.2) is 0 Å². The molecule has 19 heavy (non-hydrogen) atoms. The fourth-order valence-corrected chi connectivity index (χ4v) is 2.31. The van der Waals surface area contributed by atoms with Gasteiger partial charge in [-0.1, -0.05) is 26.7 Å². The molecule has 1 aliphatic rings. The Kier molecular flexibility index (Phi) is 9.43. The van der Waals surface area contributed by atoms with Gasteiger partial charge in [-0.15, -0.1) is 0 Å². The van der Waals surface area contributed by atoms with Crippen LogP contribution in [0.5, 0.6) is 0 Å². The Morgan fingerprint density at radius 1 is 1.11 bits per heavy atom. The number of aliphatic hydroxyl groups is 1. The predicted molar refractivity (Wildman–Crippen MR) is 77.1 cm³/mol. The van der Waals surface area contributed by atoms with Gasteiger partial charge >= 0.3 is 0 Å². The predicted octanol–water partition coefficient (Wildman–Crippen LogP) is 2.26. The maximum Gasteiger partial charge on any atom is 0.178 e. The highest BCUT2D eigenvalue weighted by molar-refractivity contribution is 4.65. The molecule has 0 aromatic heterocycles. The molecule has 0 aromatic rings. The fourth-order valence-electron chi connectivity index (χ4n) is 2.31. The van der Waals surface area contributed by atoms with Crippen LogP contribution in [0.15, 0.2) is 0 Å². The number of rotatable bonds is 11. The summed E-state index contributed by atoms with van der Waals surface area (Å²) in [5.41, 5.74) is 0. The second-order valence-corrected chi connectivity index (χ2v) is 5.84. The molecule has 1 aliphatic heterocycles. The van der Waals surface area contributed by atoms with E-state index >= 15 is 0 Å². The molecule has 1 N–H and O–H groups in total. The van der Waals surface area contributed by atoms with E-state index in [1.807, 2.05) is 0 Å². The quantitative estimate of drug-likeness (QED) is 0.463. The molecule has 1 fully saturated rings. The third-order valence-corrected chi connectivity index (χ3v) is 3.50. The van der Waals surface area contributed by atoms with E-state index in [0.29, 0.717) is 13.2 Å². The van der Waals surface area contributed by atoms with Crippen LogP contribution in [-0.4, -0.2) is 55.8 Å². The Morgan fingerprint density at radius 3 is 2.53 bits per heavy atom. The monoisotopic (exact) mass is 273 g/mol. The van der Waals surface area contributed by atoms with Crippen LogP contribution < -0.4 is 0 Å². The van der Waals surface area contributed by atoms with Gasteiger partial charge in [0.15, 0.2) is 6.29 Å². The van der Waals surface area contributed by atoms with Gasteiger partial charge in [-0.05, 0) is 38.3 Å². The molecule has 0 aromatic carbocycles. The van der Waals surface area contributed by atoms with Crippen LogP contribution >= 0.6 is 0 Å². The highest BCUT2D eigenvalue weighted by atomic mass is 16.6. The minimum Gasteiger partial charge on any atom is -0.376 e. The first-order valence-electron chi connectivity index (χ1n) is 7.78. The number of hydrogen-bond donors (Lipinski definition) is 1. The van der Waals surface area contributed by atoms with E-state index in [0.717, 1.165) is 25.5 Å². The zero-order valence-electron chi connectivity index (χ0n) is 12.6. The Hall–Kier alpha value is -0.160. The molecule has 0 amide bonds. The van der Waals surface area contributed by atoms with Crippen molar-refractivity contribution in [3.05, 3.63) is 0 Å². The topological polar surface area (TPSA) is 41.9 Å². The summed E-state index contributed by atoms with van der Waals surface area (Å²) in [6.45, 7) is 9.35. The first-order chi connectivity index (χ1) is 9.18. The van der Waals surface area contributed by atoms with Crippen molar-refractivity contribution in [1.82, 2.24) is 4.90 Å². The van der Waals surface area contributed by atoms with Crippen molar-refractivity contribution in [1.29, 1.82) is 0 Å². The zero-order valence-corrected chi connectivity index (χ0v) is 12.6. The largest absolute Gasteiger partial charge is 0.376 e. The van der Waals surface area contributed by atoms with Crippen molar-refractivity contribution < 1.29 is 14.6 Å². The Balaban J connectivity index is 1.83. The van der Waals surface area contributed by atoms with Gasteiger partial charge in [0.05, 0.1) is 13.2 Å². The van der Waals surface area contributed by atoms with E-state index in [4.69, 9.17) is 9.47 Å². The molecule has 0 saturated carbocycles. The molecule has 114 valence electrons. The van der Waals surface area contributed by atoms with Crippen LogP contribution in [-0.2, 0) is 9.47 Å².